The second-order valence-electron chi connectivity index (χ2n) is 5.57. The number of nitrogens with zero attached hydrogens (tertiary/aromatic N) is 1. The summed E-state index contributed by atoms with van der Waals surface area (Å²) in [5, 5.41) is 5.05. The predicted molar refractivity (Wildman–Crippen MR) is 84.6 cm³/mol. The first-order valence-electron chi connectivity index (χ1n) is 7.30. The van der Waals surface area contributed by atoms with E-state index in [0.717, 1.165) is 21.9 Å². The smallest absolute Gasteiger partial charge is 0.311 e. The Morgan fingerprint density at radius 1 is 1.13 bits per heavy atom. The first kappa shape index (κ1) is 15.0. The Kier molecular flexibility index (Phi) is 3.73. The maximum atomic E-state index is 12.0. The van der Waals surface area contributed by atoms with Gasteiger partial charge in [0.25, 0.3) is 11.8 Å². The van der Waals surface area contributed by atoms with Crippen LogP contribution in [0.2, 0.25) is 0 Å². The van der Waals surface area contributed by atoms with Crippen molar-refractivity contribution in [2.24, 2.45) is 0 Å². The zero-order valence-corrected chi connectivity index (χ0v) is 12.9. The molecule has 0 bridgehead atoms. The Bertz CT molecular complexity index is 813. The van der Waals surface area contributed by atoms with Gasteiger partial charge in [0, 0.05) is 18.2 Å². The molecule has 1 N–H and O–H groups in total. The summed E-state index contributed by atoms with van der Waals surface area (Å²) in [5.41, 5.74) is 2.57. The number of imide groups is 1. The van der Waals surface area contributed by atoms with Gasteiger partial charge in [-0.2, -0.15) is 0 Å². The highest BCUT2D eigenvalue weighted by molar-refractivity contribution is 6.04. The highest BCUT2D eigenvalue weighted by Gasteiger charge is 2.33. The summed E-state index contributed by atoms with van der Waals surface area (Å²) in [7, 11) is 0. The van der Waals surface area contributed by atoms with Crippen LogP contribution in [0.1, 0.15) is 24.0 Å². The number of fused-ring (bicyclic) bond motifs is 1. The van der Waals surface area contributed by atoms with E-state index in [1.54, 1.807) is 0 Å². The molecule has 0 atom stereocenters. The highest BCUT2D eigenvalue weighted by Crippen LogP contribution is 2.28. The number of carbonyl (C=O) groups is 3. The predicted octanol–water partition coefficient (Wildman–Crippen LogP) is 3.07. The van der Waals surface area contributed by atoms with Crippen LogP contribution in [0.4, 0.5) is 10.5 Å². The monoisotopic (exact) mass is 312 g/mol. The molecule has 1 aliphatic heterocycles. The van der Waals surface area contributed by atoms with Gasteiger partial charge in [0.2, 0.25) is 0 Å². The minimum Gasteiger partial charge on any atom is -0.311 e. The molecule has 6 nitrogen and oxygen atoms in total. The van der Waals surface area contributed by atoms with Crippen LogP contribution in [0.15, 0.2) is 30.3 Å². The van der Waals surface area contributed by atoms with E-state index >= 15 is 0 Å². The summed E-state index contributed by atoms with van der Waals surface area (Å²) in [5.74, 6) is -1.01. The Labute approximate surface area is 133 Å². The lowest BCUT2D eigenvalue weighted by molar-refractivity contribution is -0.170. The number of nitrogens with one attached hydrogen (secondary N) is 1. The van der Waals surface area contributed by atoms with Crippen LogP contribution >= 0.6 is 0 Å². The minimum absolute atomic E-state index is 0.0681. The Morgan fingerprint density at radius 2 is 1.83 bits per heavy atom. The first-order valence-corrected chi connectivity index (χ1v) is 7.30. The number of benzene rings is 2. The van der Waals surface area contributed by atoms with Crippen molar-refractivity contribution < 1.29 is 19.2 Å². The molecule has 0 unspecified atom stereocenters. The molecule has 1 aliphatic rings. The van der Waals surface area contributed by atoms with Crippen LogP contribution in [0.3, 0.4) is 0 Å². The van der Waals surface area contributed by atoms with Crippen molar-refractivity contribution in [2.45, 2.75) is 26.7 Å². The molecular weight excluding hydrogens is 296 g/mol. The van der Waals surface area contributed by atoms with Gasteiger partial charge in [0.05, 0.1) is 5.69 Å². The fraction of sp³-hybridized carbons (Fsp3) is 0.235. The molecule has 3 amide bonds. The van der Waals surface area contributed by atoms with E-state index in [1.807, 2.05) is 44.2 Å². The summed E-state index contributed by atoms with van der Waals surface area (Å²) >= 11 is 0. The molecule has 2 aromatic carbocycles. The van der Waals surface area contributed by atoms with E-state index in [9.17, 15) is 14.4 Å². The third kappa shape index (κ3) is 2.88. The Balaban J connectivity index is 1.88. The molecule has 0 spiro atoms. The second kappa shape index (κ2) is 5.72. The molecule has 1 heterocycles. The van der Waals surface area contributed by atoms with Gasteiger partial charge in [-0.3, -0.25) is 14.9 Å². The molecule has 6 heteroatoms. The van der Waals surface area contributed by atoms with Gasteiger partial charge in [0.15, 0.2) is 0 Å². The number of aryl methyl sites for hydroxylation is 2. The standard InChI is InChI=1S/C17H16N2O4/c1-10-8-12-5-3-4-11(2)16(12)13(9-10)18-17(22)23-19-14(20)6-7-15(19)21/h3-5,8-9H,6-7H2,1-2H3,(H,18,22). The average molecular weight is 312 g/mol. The molecule has 0 saturated carbocycles. The molecule has 2 aromatic rings. The van der Waals surface area contributed by atoms with E-state index < -0.39 is 17.9 Å². The molecule has 118 valence electrons. The van der Waals surface area contributed by atoms with E-state index in [1.165, 1.54) is 0 Å². The van der Waals surface area contributed by atoms with Crippen LogP contribution in [0.5, 0.6) is 0 Å². The highest BCUT2D eigenvalue weighted by atomic mass is 16.7. The second-order valence-corrected chi connectivity index (χ2v) is 5.57. The maximum Gasteiger partial charge on any atom is 0.436 e. The number of amides is 3. The van der Waals surface area contributed by atoms with E-state index in [4.69, 9.17) is 4.84 Å². The maximum absolute atomic E-state index is 12.0. The first-order chi connectivity index (χ1) is 11.0. The number of hydrogen-bond acceptors (Lipinski definition) is 4. The summed E-state index contributed by atoms with van der Waals surface area (Å²) in [4.78, 5) is 39.9. The van der Waals surface area contributed by atoms with Crippen molar-refractivity contribution in [1.82, 2.24) is 5.06 Å². The fourth-order valence-corrected chi connectivity index (χ4v) is 2.74. The van der Waals surface area contributed by atoms with Crippen LogP contribution in [-0.4, -0.2) is 23.0 Å². The van der Waals surface area contributed by atoms with Gasteiger partial charge in [-0.25, -0.2) is 4.79 Å². The lowest BCUT2D eigenvalue weighted by atomic mass is 10.0. The SMILES string of the molecule is Cc1cc(NC(=O)ON2C(=O)CCC2=O)c2c(C)cccc2c1. The number of rotatable bonds is 2. The number of hydroxylamine groups is 2. The fourth-order valence-electron chi connectivity index (χ4n) is 2.74. The zero-order chi connectivity index (χ0) is 16.6. The van der Waals surface area contributed by atoms with Gasteiger partial charge in [-0.15, -0.1) is 5.06 Å². The van der Waals surface area contributed by atoms with Gasteiger partial charge < -0.3 is 4.84 Å². The van der Waals surface area contributed by atoms with Crippen molar-refractivity contribution in [3.8, 4) is 0 Å². The quantitative estimate of drug-likeness (QED) is 0.865. The molecule has 1 fully saturated rings. The van der Waals surface area contributed by atoms with E-state index in [0.29, 0.717) is 10.8 Å². The van der Waals surface area contributed by atoms with Crippen LogP contribution in [-0.2, 0) is 14.4 Å². The molecular formula is C17H16N2O4. The number of hydrogen-bond donors (Lipinski definition) is 1. The molecule has 1 saturated heterocycles. The normalized spacial score (nSPS) is 14.4. The van der Waals surface area contributed by atoms with Gasteiger partial charge in [0.1, 0.15) is 0 Å². The number of carbonyl (C=O) groups excluding carboxylic acids is 3. The van der Waals surface area contributed by atoms with Gasteiger partial charge in [-0.05, 0) is 36.4 Å². The summed E-state index contributed by atoms with van der Waals surface area (Å²) in [6.07, 6.45) is -0.722. The average Bonchev–Trinajstić information content (AvgIpc) is 2.78. The molecule has 0 aromatic heterocycles. The van der Waals surface area contributed by atoms with Crippen LogP contribution in [0.25, 0.3) is 10.8 Å². The molecule has 0 aliphatic carbocycles. The lowest BCUT2D eigenvalue weighted by Gasteiger charge is -2.15. The summed E-state index contributed by atoms with van der Waals surface area (Å²) in [6.45, 7) is 3.87. The van der Waals surface area contributed by atoms with Crippen LogP contribution in [0, 0.1) is 13.8 Å². The number of anilines is 1. The Hall–Kier alpha value is -2.89. The molecule has 3 rings (SSSR count). The largest absolute Gasteiger partial charge is 0.436 e. The van der Waals surface area contributed by atoms with Crippen molar-refractivity contribution >= 4 is 34.4 Å². The third-order valence-electron chi connectivity index (χ3n) is 3.75. The van der Waals surface area contributed by atoms with E-state index in [2.05, 4.69) is 5.32 Å². The van der Waals surface area contributed by atoms with E-state index in [-0.39, 0.29) is 12.8 Å². The van der Waals surface area contributed by atoms with Crippen molar-refractivity contribution in [3.63, 3.8) is 0 Å². The Morgan fingerprint density at radius 3 is 2.52 bits per heavy atom. The lowest BCUT2D eigenvalue weighted by Crippen LogP contribution is -2.34. The van der Waals surface area contributed by atoms with Crippen LogP contribution < -0.4 is 5.32 Å². The summed E-state index contributed by atoms with van der Waals surface area (Å²) < 4.78 is 0. The van der Waals surface area contributed by atoms with Crippen molar-refractivity contribution in [1.29, 1.82) is 0 Å². The topological polar surface area (TPSA) is 75.7 Å². The van der Waals surface area contributed by atoms with Crippen molar-refractivity contribution in [3.05, 3.63) is 41.5 Å². The van der Waals surface area contributed by atoms with Gasteiger partial charge in [-0.1, -0.05) is 24.3 Å². The molecule has 0 radical (unpaired) electrons. The van der Waals surface area contributed by atoms with Crippen molar-refractivity contribution in [2.75, 3.05) is 5.32 Å². The minimum atomic E-state index is -0.858. The third-order valence-corrected chi connectivity index (χ3v) is 3.75. The van der Waals surface area contributed by atoms with Gasteiger partial charge >= 0.3 is 6.09 Å². The zero-order valence-electron chi connectivity index (χ0n) is 12.9. The molecule has 23 heavy (non-hydrogen) atoms. The summed E-state index contributed by atoms with van der Waals surface area (Å²) in [6, 6.07) is 9.69.